The van der Waals surface area contributed by atoms with Crippen LogP contribution in [0, 0.1) is 0 Å². The second-order valence-corrected chi connectivity index (χ2v) is 3.44. The van der Waals surface area contributed by atoms with Crippen LogP contribution >= 0.6 is 0 Å². The number of aromatic amines is 1. The monoisotopic (exact) mass is 165 g/mol. The zero-order chi connectivity index (χ0) is 8.23. The molecule has 1 aliphatic carbocycles. The SMILES string of the molecule is c1ncc(CNC2CCCC2)[nH]1. The van der Waals surface area contributed by atoms with Gasteiger partial charge in [-0.3, -0.25) is 0 Å². The zero-order valence-corrected chi connectivity index (χ0v) is 7.21. The number of hydrogen-bond acceptors (Lipinski definition) is 2. The lowest BCUT2D eigenvalue weighted by atomic mass is 10.2. The average molecular weight is 165 g/mol. The van der Waals surface area contributed by atoms with Crippen molar-refractivity contribution in [1.82, 2.24) is 15.3 Å². The minimum absolute atomic E-state index is 0.744. The van der Waals surface area contributed by atoms with Gasteiger partial charge in [0.2, 0.25) is 0 Å². The highest BCUT2D eigenvalue weighted by Gasteiger charge is 2.13. The van der Waals surface area contributed by atoms with Crippen LogP contribution in [-0.4, -0.2) is 16.0 Å². The summed E-state index contributed by atoms with van der Waals surface area (Å²) >= 11 is 0. The number of hydrogen-bond donors (Lipinski definition) is 2. The molecule has 0 spiro atoms. The van der Waals surface area contributed by atoms with Gasteiger partial charge in [-0.15, -0.1) is 0 Å². The summed E-state index contributed by atoms with van der Waals surface area (Å²) < 4.78 is 0. The minimum atomic E-state index is 0.744. The molecule has 1 fully saturated rings. The van der Waals surface area contributed by atoms with Gasteiger partial charge in [0.25, 0.3) is 0 Å². The summed E-state index contributed by atoms with van der Waals surface area (Å²) in [5.74, 6) is 0. The van der Waals surface area contributed by atoms with Crippen LogP contribution in [0.2, 0.25) is 0 Å². The first-order valence-corrected chi connectivity index (χ1v) is 4.66. The fourth-order valence-electron chi connectivity index (χ4n) is 1.77. The predicted molar refractivity (Wildman–Crippen MR) is 47.7 cm³/mol. The number of nitrogens with one attached hydrogen (secondary N) is 2. The summed E-state index contributed by atoms with van der Waals surface area (Å²) in [6, 6.07) is 0.744. The van der Waals surface area contributed by atoms with Crippen LogP contribution in [0.1, 0.15) is 31.4 Å². The lowest BCUT2D eigenvalue weighted by Crippen LogP contribution is -2.25. The summed E-state index contributed by atoms with van der Waals surface area (Å²) in [7, 11) is 0. The molecular weight excluding hydrogens is 150 g/mol. The van der Waals surface area contributed by atoms with Crippen LogP contribution in [0.5, 0.6) is 0 Å². The molecule has 0 atom stereocenters. The maximum absolute atomic E-state index is 3.97. The zero-order valence-electron chi connectivity index (χ0n) is 7.21. The molecule has 1 saturated carbocycles. The highest BCUT2D eigenvalue weighted by Crippen LogP contribution is 2.17. The maximum Gasteiger partial charge on any atom is 0.0922 e. The van der Waals surface area contributed by atoms with Gasteiger partial charge in [-0.05, 0) is 12.8 Å². The summed E-state index contributed by atoms with van der Waals surface area (Å²) in [6.45, 7) is 0.935. The first kappa shape index (κ1) is 7.80. The van der Waals surface area contributed by atoms with Crippen molar-refractivity contribution in [3.63, 3.8) is 0 Å². The van der Waals surface area contributed by atoms with E-state index in [0.717, 1.165) is 12.6 Å². The molecule has 3 heteroatoms. The Morgan fingerprint density at radius 1 is 1.50 bits per heavy atom. The van der Waals surface area contributed by atoms with Crippen molar-refractivity contribution in [2.75, 3.05) is 0 Å². The Bertz CT molecular complexity index is 212. The third kappa shape index (κ3) is 1.85. The first-order chi connectivity index (χ1) is 5.95. The van der Waals surface area contributed by atoms with Gasteiger partial charge in [0.05, 0.1) is 6.33 Å². The number of rotatable bonds is 3. The topological polar surface area (TPSA) is 40.7 Å². The molecule has 2 rings (SSSR count). The Hall–Kier alpha value is -0.830. The van der Waals surface area contributed by atoms with E-state index in [-0.39, 0.29) is 0 Å². The Kier molecular flexibility index (Phi) is 2.42. The molecule has 12 heavy (non-hydrogen) atoms. The molecule has 0 saturated heterocycles. The van der Waals surface area contributed by atoms with Crippen LogP contribution < -0.4 is 5.32 Å². The molecule has 1 aromatic rings. The molecular formula is C9H15N3. The van der Waals surface area contributed by atoms with Crippen LogP contribution in [0.15, 0.2) is 12.5 Å². The molecule has 0 unspecified atom stereocenters. The Labute approximate surface area is 72.6 Å². The van der Waals surface area contributed by atoms with Crippen LogP contribution in [0.25, 0.3) is 0 Å². The fraction of sp³-hybridized carbons (Fsp3) is 0.667. The summed E-state index contributed by atoms with van der Waals surface area (Å²) in [5.41, 5.74) is 1.18. The first-order valence-electron chi connectivity index (χ1n) is 4.66. The third-order valence-corrected chi connectivity index (χ3v) is 2.49. The van der Waals surface area contributed by atoms with Crippen molar-refractivity contribution in [3.05, 3.63) is 18.2 Å². The van der Waals surface area contributed by atoms with E-state index in [4.69, 9.17) is 0 Å². The molecule has 0 radical (unpaired) electrons. The van der Waals surface area contributed by atoms with Gasteiger partial charge in [-0.2, -0.15) is 0 Å². The quantitative estimate of drug-likeness (QED) is 0.711. The van der Waals surface area contributed by atoms with Crippen LogP contribution in [0.3, 0.4) is 0 Å². The number of aromatic nitrogens is 2. The van der Waals surface area contributed by atoms with E-state index < -0.39 is 0 Å². The van der Waals surface area contributed by atoms with Crippen LogP contribution in [-0.2, 0) is 6.54 Å². The third-order valence-electron chi connectivity index (χ3n) is 2.49. The van der Waals surface area contributed by atoms with E-state index in [1.165, 1.54) is 31.4 Å². The predicted octanol–water partition coefficient (Wildman–Crippen LogP) is 1.44. The summed E-state index contributed by atoms with van der Waals surface area (Å²) in [5, 5.41) is 3.51. The highest BCUT2D eigenvalue weighted by molar-refractivity contribution is 4.94. The molecule has 2 N–H and O–H groups in total. The molecule has 3 nitrogen and oxygen atoms in total. The van der Waals surface area contributed by atoms with Gasteiger partial charge >= 0.3 is 0 Å². The van der Waals surface area contributed by atoms with Crippen molar-refractivity contribution in [3.8, 4) is 0 Å². The Balaban J connectivity index is 1.74. The largest absolute Gasteiger partial charge is 0.347 e. The lowest BCUT2D eigenvalue weighted by molar-refractivity contribution is 0.520. The normalized spacial score (nSPS) is 18.7. The average Bonchev–Trinajstić information content (AvgIpc) is 2.74. The Morgan fingerprint density at radius 3 is 3.00 bits per heavy atom. The smallest absolute Gasteiger partial charge is 0.0922 e. The van der Waals surface area contributed by atoms with E-state index in [0.29, 0.717) is 0 Å². The van der Waals surface area contributed by atoms with Crippen molar-refractivity contribution >= 4 is 0 Å². The maximum atomic E-state index is 3.97. The fourth-order valence-corrected chi connectivity index (χ4v) is 1.77. The molecule has 1 aliphatic rings. The van der Waals surface area contributed by atoms with Gasteiger partial charge < -0.3 is 10.3 Å². The van der Waals surface area contributed by atoms with E-state index >= 15 is 0 Å². The summed E-state index contributed by atoms with van der Waals surface area (Å²) in [4.78, 5) is 7.06. The number of imidazole rings is 1. The number of H-pyrrole nitrogens is 1. The van der Waals surface area contributed by atoms with Gasteiger partial charge in [-0.1, -0.05) is 12.8 Å². The molecule has 0 bridgehead atoms. The lowest BCUT2D eigenvalue weighted by Gasteiger charge is -2.09. The van der Waals surface area contributed by atoms with Gasteiger partial charge in [-0.25, -0.2) is 4.98 Å². The molecule has 0 aliphatic heterocycles. The molecule has 66 valence electrons. The van der Waals surface area contributed by atoms with Crippen LogP contribution in [0.4, 0.5) is 0 Å². The van der Waals surface area contributed by atoms with E-state index in [9.17, 15) is 0 Å². The van der Waals surface area contributed by atoms with Crippen molar-refractivity contribution in [2.45, 2.75) is 38.3 Å². The van der Waals surface area contributed by atoms with Gasteiger partial charge in [0.1, 0.15) is 0 Å². The second-order valence-electron chi connectivity index (χ2n) is 3.44. The molecule has 0 aromatic carbocycles. The van der Waals surface area contributed by atoms with E-state index in [1.54, 1.807) is 6.33 Å². The van der Waals surface area contributed by atoms with Crippen molar-refractivity contribution in [2.24, 2.45) is 0 Å². The molecule has 0 amide bonds. The Morgan fingerprint density at radius 2 is 2.33 bits per heavy atom. The minimum Gasteiger partial charge on any atom is -0.347 e. The standard InChI is InChI=1S/C9H15N3/c1-2-4-8(3-1)11-6-9-5-10-7-12-9/h5,7-8,11H,1-4,6H2,(H,10,12). The van der Waals surface area contributed by atoms with E-state index in [2.05, 4.69) is 15.3 Å². The second kappa shape index (κ2) is 3.72. The molecule has 1 heterocycles. The highest BCUT2D eigenvalue weighted by atomic mass is 15.0. The van der Waals surface area contributed by atoms with Gasteiger partial charge in [0, 0.05) is 24.5 Å². The van der Waals surface area contributed by atoms with Crippen molar-refractivity contribution in [1.29, 1.82) is 0 Å². The van der Waals surface area contributed by atoms with Gasteiger partial charge in [0.15, 0.2) is 0 Å². The number of nitrogens with zero attached hydrogens (tertiary/aromatic N) is 1. The summed E-state index contributed by atoms with van der Waals surface area (Å²) in [6.07, 6.45) is 9.07. The van der Waals surface area contributed by atoms with E-state index in [1.807, 2.05) is 6.20 Å². The molecule has 1 aromatic heterocycles. The van der Waals surface area contributed by atoms with Crippen molar-refractivity contribution < 1.29 is 0 Å².